The molecule has 2 aliphatic carbocycles. The van der Waals surface area contributed by atoms with Crippen LogP contribution in [-0.2, 0) is 4.79 Å². The van der Waals surface area contributed by atoms with Crippen LogP contribution in [0.4, 0.5) is 18.9 Å². The van der Waals surface area contributed by atoms with Crippen LogP contribution in [0.1, 0.15) is 19.3 Å². The Labute approximate surface area is 114 Å². The van der Waals surface area contributed by atoms with Crippen LogP contribution in [0.5, 0.6) is 0 Å². The minimum absolute atomic E-state index is 0.0821. The molecule has 6 heteroatoms. The molecule has 0 radical (unpaired) electrons. The standard InChI is InChI=1S/C14H15F3N2O/c15-9-4-8(5-10(16)12(9)17)19-14(20)11-6-1-2-7(3-6)13(11)18/h4-7,11,13H,1-3,18H2,(H,19,20). The summed E-state index contributed by atoms with van der Waals surface area (Å²) in [6.07, 6.45) is 2.93. The molecule has 4 unspecified atom stereocenters. The van der Waals surface area contributed by atoms with Crippen LogP contribution in [0.2, 0.25) is 0 Å². The van der Waals surface area contributed by atoms with Crippen molar-refractivity contribution in [2.24, 2.45) is 23.5 Å². The van der Waals surface area contributed by atoms with Gasteiger partial charge in [0.1, 0.15) is 0 Å². The Morgan fingerprint density at radius 2 is 1.75 bits per heavy atom. The number of amides is 1. The van der Waals surface area contributed by atoms with Crippen molar-refractivity contribution >= 4 is 11.6 Å². The van der Waals surface area contributed by atoms with Gasteiger partial charge in [0, 0.05) is 23.9 Å². The molecule has 108 valence electrons. The van der Waals surface area contributed by atoms with Crippen molar-refractivity contribution in [1.82, 2.24) is 0 Å². The number of hydrogen-bond acceptors (Lipinski definition) is 2. The van der Waals surface area contributed by atoms with Crippen molar-refractivity contribution in [3.05, 3.63) is 29.6 Å². The van der Waals surface area contributed by atoms with E-state index in [0.717, 1.165) is 31.4 Å². The highest BCUT2D eigenvalue weighted by Gasteiger charge is 2.49. The van der Waals surface area contributed by atoms with Crippen molar-refractivity contribution in [1.29, 1.82) is 0 Å². The van der Waals surface area contributed by atoms with E-state index < -0.39 is 17.5 Å². The number of carbonyl (C=O) groups excluding carboxylic acids is 1. The number of benzene rings is 1. The molecule has 3 rings (SSSR count). The molecule has 0 aliphatic heterocycles. The number of fused-ring (bicyclic) bond motifs is 2. The predicted octanol–water partition coefficient (Wildman–Crippen LogP) is 2.42. The SMILES string of the molecule is NC1C2CCC(C2)C1C(=O)Nc1cc(F)c(F)c(F)c1. The Hall–Kier alpha value is -1.56. The first kappa shape index (κ1) is 13.4. The molecule has 3 N–H and O–H groups in total. The number of nitrogens with two attached hydrogens (primary N) is 1. The lowest BCUT2D eigenvalue weighted by molar-refractivity contribution is -0.121. The molecule has 3 nitrogen and oxygen atoms in total. The van der Waals surface area contributed by atoms with Gasteiger partial charge in [-0.3, -0.25) is 4.79 Å². The minimum Gasteiger partial charge on any atom is -0.327 e. The van der Waals surface area contributed by atoms with Crippen LogP contribution in [0.15, 0.2) is 12.1 Å². The Bertz CT molecular complexity index is 538. The summed E-state index contributed by atoms with van der Waals surface area (Å²) in [6, 6.07) is 1.34. The molecular weight excluding hydrogens is 269 g/mol. The fourth-order valence-electron chi connectivity index (χ4n) is 3.58. The molecule has 20 heavy (non-hydrogen) atoms. The third kappa shape index (κ3) is 2.08. The topological polar surface area (TPSA) is 55.1 Å². The second-order valence-corrected chi connectivity index (χ2v) is 5.68. The van der Waals surface area contributed by atoms with E-state index in [1.54, 1.807) is 0 Å². The Balaban J connectivity index is 1.77. The second kappa shape index (κ2) is 4.77. The highest BCUT2D eigenvalue weighted by Crippen LogP contribution is 2.47. The van der Waals surface area contributed by atoms with Crippen molar-refractivity contribution in [3.63, 3.8) is 0 Å². The number of halogens is 3. The maximum absolute atomic E-state index is 13.1. The molecule has 0 saturated heterocycles. The first-order valence-electron chi connectivity index (χ1n) is 6.68. The van der Waals surface area contributed by atoms with Gasteiger partial charge in [-0.05, 0) is 31.1 Å². The van der Waals surface area contributed by atoms with Gasteiger partial charge in [-0.2, -0.15) is 0 Å². The highest BCUT2D eigenvalue weighted by atomic mass is 19.2. The third-order valence-electron chi connectivity index (χ3n) is 4.53. The summed E-state index contributed by atoms with van der Waals surface area (Å²) < 4.78 is 39.1. The Kier molecular flexibility index (Phi) is 3.20. The molecule has 1 aromatic carbocycles. The van der Waals surface area contributed by atoms with Gasteiger partial charge in [0.15, 0.2) is 17.5 Å². The molecule has 1 amide bonds. The summed E-state index contributed by atoms with van der Waals surface area (Å²) in [6.45, 7) is 0. The molecule has 0 spiro atoms. The van der Waals surface area contributed by atoms with E-state index in [0.29, 0.717) is 5.92 Å². The second-order valence-electron chi connectivity index (χ2n) is 5.68. The summed E-state index contributed by atoms with van der Waals surface area (Å²) in [7, 11) is 0. The molecule has 2 fully saturated rings. The summed E-state index contributed by atoms with van der Waals surface area (Å²) in [5.74, 6) is -4.25. The van der Waals surface area contributed by atoms with E-state index in [9.17, 15) is 18.0 Å². The van der Waals surface area contributed by atoms with Crippen molar-refractivity contribution in [2.75, 3.05) is 5.32 Å². The highest BCUT2D eigenvalue weighted by molar-refractivity contribution is 5.93. The zero-order chi connectivity index (χ0) is 14.4. The van der Waals surface area contributed by atoms with E-state index in [1.165, 1.54) is 0 Å². The van der Waals surface area contributed by atoms with Gasteiger partial charge < -0.3 is 11.1 Å². The van der Waals surface area contributed by atoms with E-state index in [2.05, 4.69) is 5.32 Å². The van der Waals surface area contributed by atoms with E-state index in [1.807, 2.05) is 0 Å². The van der Waals surface area contributed by atoms with E-state index in [-0.39, 0.29) is 29.5 Å². The van der Waals surface area contributed by atoms with Crippen LogP contribution in [0.25, 0.3) is 0 Å². The van der Waals surface area contributed by atoms with Crippen LogP contribution >= 0.6 is 0 Å². The first-order chi connectivity index (χ1) is 9.47. The van der Waals surface area contributed by atoms with Gasteiger partial charge in [0.2, 0.25) is 5.91 Å². The lowest BCUT2D eigenvalue weighted by Crippen LogP contribution is -2.42. The Morgan fingerprint density at radius 1 is 1.15 bits per heavy atom. The Morgan fingerprint density at radius 3 is 2.30 bits per heavy atom. The van der Waals surface area contributed by atoms with Crippen molar-refractivity contribution < 1.29 is 18.0 Å². The molecule has 2 aliphatic rings. The third-order valence-corrected chi connectivity index (χ3v) is 4.53. The normalized spacial score (nSPS) is 31.6. The smallest absolute Gasteiger partial charge is 0.229 e. The predicted molar refractivity (Wildman–Crippen MR) is 67.2 cm³/mol. The molecule has 0 aromatic heterocycles. The van der Waals surface area contributed by atoms with Crippen molar-refractivity contribution in [2.45, 2.75) is 25.3 Å². The van der Waals surface area contributed by atoms with Gasteiger partial charge >= 0.3 is 0 Å². The van der Waals surface area contributed by atoms with Gasteiger partial charge in [-0.1, -0.05) is 0 Å². The van der Waals surface area contributed by atoms with Crippen LogP contribution in [0.3, 0.4) is 0 Å². The minimum atomic E-state index is -1.54. The van der Waals surface area contributed by atoms with Gasteiger partial charge in [0.05, 0.1) is 5.92 Å². The van der Waals surface area contributed by atoms with Crippen molar-refractivity contribution in [3.8, 4) is 0 Å². The summed E-state index contributed by atoms with van der Waals surface area (Å²) in [5, 5.41) is 2.44. The largest absolute Gasteiger partial charge is 0.327 e. The van der Waals surface area contributed by atoms with E-state index in [4.69, 9.17) is 5.73 Å². The summed E-state index contributed by atoms with van der Waals surface area (Å²) in [4.78, 5) is 12.2. The first-order valence-corrected chi connectivity index (χ1v) is 6.68. The molecule has 2 bridgehead atoms. The molecule has 0 heterocycles. The molecule has 2 saturated carbocycles. The number of carbonyl (C=O) groups is 1. The fraction of sp³-hybridized carbons (Fsp3) is 0.500. The zero-order valence-electron chi connectivity index (χ0n) is 10.7. The lowest BCUT2D eigenvalue weighted by atomic mass is 9.84. The quantitative estimate of drug-likeness (QED) is 0.819. The maximum Gasteiger partial charge on any atom is 0.229 e. The molecular formula is C14H15F3N2O. The molecule has 1 aromatic rings. The number of nitrogens with one attached hydrogen (secondary N) is 1. The summed E-state index contributed by atoms with van der Waals surface area (Å²) in [5.41, 5.74) is 5.95. The average molecular weight is 284 g/mol. The average Bonchev–Trinajstić information content (AvgIpc) is 2.96. The number of hydrogen-bond donors (Lipinski definition) is 2. The molecule has 4 atom stereocenters. The lowest BCUT2D eigenvalue weighted by Gasteiger charge is -2.27. The number of anilines is 1. The van der Waals surface area contributed by atoms with Gasteiger partial charge in [-0.25, -0.2) is 13.2 Å². The van der Waals surface area contributed by atoms with Crippen LogP contribution in [0, 0.1) is 35.2 Å². The monoisotopic (exact) mass is 284 g/mol. The fourth-order valence-corrected chi connectivity index (χ4v) is 3.58. The summed E-state index contributed by atoms with van der Waals surface area (Å²) >= 11 is 0. The van der Waals surface area contributed by atoms with Gasteiger partial charge in [0.25, 0.3) is 0 Å². The van der Waals surface area contributed by atoms with E-state index >= 15 is 0 Å². The van der Waals surface area contributed by atoms with Crippen LogP contribution in [-0.4, -0.2) is 11.9 Å². The maximum atomic E-state index is 13.1. The zero-order valence-corrected chi connectivity index (χ0v) is 10.7. The van der Waals surface area contributed by atoms with Gasteiger partial charge in [-0.15, -0.1) is 0 Å². The number of rotatable bonds is 2. The van der Waals surface area contributed by atoms with Crippen LogP contribution < -0.4 is 11.1 Å².